The average Bonchev–Trinajstić information content (AvgIpc) is 2.13. The molecule has 3 N–H and O–H groups in total. The molecule has 0 aliphatic heterocycles. The minimum absolute atomic E-state index is 0.332. The molecule has 2 atom stereocenters. The quantitative estimate of drug-likeness (QED) is 0.652. The van der Waals surface area contributed by atoms with Gasteiger partial charge in [0.15, 0.2) is 0 Å². The molecule has 86 valence electrons. The van der Waals surface area contributed by atoms with Crippen molar-refractivity contribution in [3.8, 4) is 0 Å². The predicted molar refractivity (Wildman–Crippen MR) is 61.3 cm³/mol. The van der Waals surface area contributed by atoms with Crippen LogP contribution in [-0.4, -0.2) is 41.8 Å². The van der Waals surface area contributed by atoms with Gasteiger partial charge in [0.2, 0.25) is 0 Å². The van der Waals surface area contributed by atoms with Crippen LogP contribution in [0.15, 0.2) is 0 Å². The van der Waals surface area contributed by atoms with E-state index in [9.17, 15) is 5.11 Å². The van der Waals surface area contributed by atoms with E-state index in [0.29, 0.717) is 12.6 Å². The molecule has 0 spiro atoms. The first kappa shape index (κ1) is 13.9. The van der Waals surface area contributed by atoms with E-state index in [-0.39, 0.29) is 0 Å². The molecule has 3 heteroatoms. The zero-order valence-electron chi connectivity index (χ0n) is 10.1. The molecule has 0 aromatic heterocycles. The Balaban J connectivity index is 3.87. The summed E-state index contributed by atoms with van der Waals surface area (Å²) >= 11 is 0. The van der Waals surface area contributed by atoms with Gasteiger partial charge in [0.05, 0.1) is 5.60 Å². The first-order valence-electron chi connectivity index (χ1n) is 5.55. The van der Waals surface area contributed by atoms with Crippen LogP contribution in [0.4, 0.5) is 0 Å². The Morgan fingerprint density at radius 3 is 2.50 bits per heavy atom. The van der Waals surface area contributed by atoms with Crippen LogP contribution >= 0.6 is 0 Å². The lowest BCUT2D eigenvalue weighted by atomic mass is 9.97. The molecule has 0 aromatic rings. The van der Waals surface area contributed by atoms with E-state index in [0.717, 1.165) is 13.0 Å². The number of aliphatic hydroxyl groups is 1. The Morgan fingerprint density at radius 1 is 1.50 bits per heavy atom. The normalized spacial score (nSPS) is 18.2. The topological polar surface area (TPSA) is 49.5 Å². The predicted octanol–water partition coefficient (Wildman–Crippen LogP) is 1.21. The fourth-order valence-electron chi connectivity index (χ4n) is 1.50. The molecule has 0 amide bonds. The fourth-order valence-corrected chi connectivity index (χ4v) is 1.50. The Kier molecular flexibility index (Phi) is 6.33. The van der Waals surface area contributed by atoms with Crippen LogP contribution in [0.2, 0.25) is 0 Å². The molecule has 0 heterocycles. The van der Waals surface area contributed by atoms with Gasteiger partial charge >= 0.3 is 0 Å². The van der Waals surface area contributed by atoms with E-state index >= 15 is 0 Å². The SMILES string of the molecule is CCCCN(C)C(C)CC(C)(O)CN. The van der Waals surface area contributed by atoms with Crippen LogP contribution in [0.3, 0.4) is 0 Å². The second kappa shape index (κ2) is 6.38. The van der Waals surface area contributed by atoms with Gasteiger partial charge in [0.1, 0.15) is 0 Å². The molecule has 0 saturated heterocycles. The molecule has 0 fully saturated rings. The second-order valence-corrected chi connectivity index (χ2v) is 4.59. The molecule has 2 unspecified atom stereocenters. The highest BCUT2D eigenvalue weighted by Gasteiger charge is 2.23. The highest BCUT2D eigenvalue weighted by Crippen LogP contribution is 2.14. The van der Waals surface area contributed by atoms with Crippen LogP contribution < -0.4 is 5.73 Å². The van der Waals surface area contributed by atoms with Crippen molar-refractivity contribution in [1.82, 2.24) is 4.90 Å². The summed E-state index contributed by atoms with van der Waals surface area (Å²) in [6.07, 6.45) is 3.17. The second-order valence-electron chi connectivity index (χ2n) is 4.59. The minimum Gasteiger partial charge on any atom is -0.389 e. The van der Waals surface area contributed by atoms with E-state index in [1.165, 1.54) is 12.8 Å². The van der Waals surface area contributed by atoms with Crippen molar-refractivity contribution in [2.24, 2.45) is 5.73 Å². The monoisotopic (exact) mass is 202 g/mol. The maximum Gasteiger partial charge on any atom is 0.0756 e. The number of hydrogen-bond acceptors (Lipinski definition) is 3. The third kappa shape index (κ3) is 5.58. The van der Waals surface area contributed by atoms with Crippen molar-refractivity contribution in [2.75, 3.05) is 20.1 Å². The molecule has 0 aliphatic carbocycles. The molecule has 0 saturated carbocycles. The van der Waals surface area contributed by atoms with E-state index in [4.69, 9.17) is 5.73 Å². The summed E-state index contributed by atoms with van der Waals surface area (Å²) in [4.78, 5) is 2.29. The van der Waals surface area contributed by atoms with Crippen LogP contribution in [0.1, 0.15) is 40.0 Å². The van der Waals surface area contributed by atoms with Crippen LogP contribution in [0.25, 0.3) is 0 Å². The van der Waals surface area contributed by atoms with Crippen molar-refractivity contribution >= 4 is 0 Å². The summed E-state index contributed by atoms with van der Waals surface area (Å²) in [7, 11) is 2.10. The third-order valence-corrected chi connectivity index (χ3v) is 2.79. The first-order valence-corrected chi connectivity index (χ1v) is 5.55. The maximum atomic E-state index is 9.82. The van der Waals surface area contributed by atoms with Gasteiger partial charge in [-0.1, -0.05) is 13.3 Å². The van der Waals surface area contributed by atoms with Crippen molar-refractivity contribution in [2.45, 2.75) is 51.7 Å². The van der Waals surface area contributed by atoms with Crippen LogP contribution in [-0.2, 0) is 0 Å². The van der Waals surface area contributed by atoms with Gasteiger partial charge in [-0.3, -0.25) is 0 Å². The largest absolute Gasteiger partial charge is 0.389 e. The fraction of sp³-hybridized carbons (Fsp3) is 1.00. The third-order valence-electron chi connectivity index (χ3n) is 2.79. The van der Waals surface area contributed by atoms with E-state index in [1.807, 2.05) is 0 Å². The van der Waals surface area contributed by atoms with Crippen molar-refractivity contribution in [1.29, 1.82) is 0 Å². The van der Waals surface area contributed by atoms with Crippen LogP contribution in [0.5, 0.6) is 0 Å². The summed E-state index contributed by atoms with van der Waals surface area (Å²) in [5.74, 6) is 0. The molecule has 0 radical (unpaired) electrons. The zero-order chi connectivity index (χ0) is 11.2. The highest BCUT2D eigenvalue weighted by molar-refractivity contribution is 4.79. The zero-order valence-corrected chi connectivity index (χ0v) is 10.1. The molecule has 14 heavy (non-hydrogen) atoms. The summed E-state index contributed by atoms with van der Waals surface area (Å²) < 4.78 is 0. The first-order chi connectivity index (χ1) is 6.43. The van der Waals surface area contributed by atoms with Gasteiger partial charge < -0.3 is 15.7 Å². The summed E-state index contributed by atoms with van der Waals surface area (Å²) in [6.45, 7) is 7.56. The Morgan fingerprint density at radius 2 is 2.07 bits per heavy atom. The van der Waals surface area contributed by atoms with Crippen molar-refractivity contribution < 1.29 is 5.11 Å². The van der Waals surface area contributed by atoms with Gasteiger partial charge in [0.25, 0.3) is 0 Å². The molecule has 0 bridgehead atoms. The van der Waals surface area contributed by atoms with Crippen molar-refractivity contribution in [3.63, 3.8) is 0 Å². The van der Waals surface area contributed by atoms with Crippen molar-refractivity contribution in [3.05, 3.63) is 0 Å². The van der Waals surface area contributed by atoms with Crippen LogP contribution in [0, 0.1) is 0 Å². The summed E-state index contributed by atoms with van der Waals surface area (Å²) in [5, 5.41) is 9.82. The number of nitrogens with two attached hydrogens (primary N) is 1. The van der Waals surface area contributed by atoms with E-state index in [1.54, 1.807) is 6.92 Å². The number of rotatable bonds is 7. The van der Waals surface area contributed by atoms with Gasteiger partial charge in [-0.15, -0.1) is 0 Å². The molecule has 0 aromatic carbocycles. The van der Waals surface area contributed by atoms with E-state index < -0.39 is 5.60 Å². The number of nitrogens with zero attached hydrogens (tertiary/aromatic N) is 1. The minimum atomic E-state index is -0.722. The summed E-state index contributed by atoms with van der Waals surface area (Å²) in [5.41, 5.74) is 4.76. The van der Waals surface area contributed by atoms with Gasteiger partial charge in [-0.25, -0.2) is 0 Å². The molecular weight excluding hydrogens is 176 g/mol. The summed E-state index contributed by atoms with van der Waals surface area (Å²) in [6, 6.07) is 0.389. The molecular formula is C11H26N2O. The Hall–Kier alpha value is -0.120. The maximum absolute atomic E-state index is 9.82. The van der Waals surface area contributed by atoms with Gasteiger partial charge in [0, 0.05) is 12.6 Å². The van der Waals surface area contributed by atoms with Gasteiger partial charge in [-0.05, 0) is 40.3 Å². The standard InChI is InChI=1S/C11H26N2O/c1-5-6-7-13(4)10(2)8-11(3,14)9-12/h10,14H,5-9,12H2,1-4H3. The molecule has 3 nitrogen and oxygen atoms in total. The number of unbranched alkanes of at least 4 members (excludes halogenated alkanes) is 1. The lowest BCUT2D eigenvalue weighted by Gasteiger charge is -2.31. The lowest BCUT2D eigenvalue weighted by molar-refractivity contribution is 0.0334. The molecule has 0 rings (SSSR count). The highest BCUT2D eigenvalue weighted by atomic mass is 16.3. The Labute approximate surface area is 88.3 Å². The van der Waals surface area contributed by atoms with Gasteiger partial charge in [-0.2, -0.15) is 0 Å². The smallest absolute Gasteiger partial charge is 0.0756 e. The van der Waals surface area contributed by atoms with E-state index in [2.05, 4.69) is 25.8 Å². The Bertz CT molecular complexity index is 148. The molecule has 0 aliphatic rings. The number of hydrogen-bond donors (Lipinski definition) is 2. The lowest BCUT2D eigenvalue weighted by Crippen LogP contribution is -2.42. The average molecular weight is 202 g/mol.